The van der Waals surface area contributed by atoms with Gasteiger partial charge >= 0.3 is 17.1 Å². The molecular weight excluding hydrogens is 1110 g/mol. The Bertz CT molecular complexity index is 3790. The third-order valence-electron chi connectivity index (χ3n) is 13.6. The summed E-state index contributed by atoms with van der Waals surface area (Å²) in [5.74, 6) is 0.810. The molecule has 12 nitrogen and oxygen atoms in total. The van der Waals surface area contributed by atoms with E-state index in [2.05, 4.69) is 125 Å². The molecule has 79 heavy (non-hydrogen) atoms. The topological polar surface area (TPSA) is 129 Å². The van der Waals surface area contributed by atoms with Crippen molar-refractivity contribution in [2.24, 2.45) is 21.1 Å². The van der Waals surface area contributed by atoms with E-state index in [1.165, 1.54) is 0 Å². The zero-order chi connectivity index (χ0) is 51.3. The number of nitrogens with zero attached hydrogens (tertiary/aromatic N) is 8. The molecule has 9 aromatic rings. The summed E-state index contributed by atoms with van der Waals surface area (Å²) in [7, 11) is 6.05. The van der Waals surface area contributed by atoms with Gasteiger partial charge in [-0.05, 0) is 131 Å². The van der Waals surface area contributed by atoms with Gasteiger partial charge in [0.25, 0.3) is 0 Å². The van der Waals surface area contributed by atoms with Crippen molar-refractivity contribution in [3.63, 3.8) is 0 Å². The number of rotatable bonds is 16. The van der Waals surface area contributed by atoms with Gasteiger partial charge in [0.05, 0.1) is 34.9 Å². The molecule has 7 aromatic heterocycles. The standard InChI is InChI=1S/C62H55ClN10O2.3ClH.Mn/c1-71-33-24-42(25-34-71)60-51-17-15-49(67-51)59(41-9-12-46(13-10-41)75-39-7-4-8-58(74)66-31-6-5-30-64-48-23-32-65-57-40-45(63)11-14-47(48)57)50-16-18-52(68-50)61(43-26-35-72(2)36-27-43)54-20-22-56(70-54)62(55-21-19-53(60)69-55)44-28-37-73(3)38-29-44;;;;/h9-29,32-38,40H,4-8,30-31,39H2,1-3H3,(H-2,64,65,66,67,68,69,70,74);3*1H;/q;;;;+2/p-2. The van der Waals surface area contributed by atoms with Gasteiger partial charge in [0, 0.05) is 78.2 Å². The molecule has 0 aliphatic carbocycles. The first kappa shape index (κ1) is 59.3. The van der Waals surface area contributed by atoms with Crippen molar-refractivity contribution in [2.45, 2.75) is 32.1 Å². The Morgan fingerprint density at radius 3 is 1.46 bits per heavy atom. The summed E-state index contributed by atoms with van der Waals surface area (Å²) in [6.45, 7) is 1.93. The van der Waals surface area contributed by atoms with E-state index < -0.39 is 0 Å². The SMILES string of the molecule is C[n+]1ccc(-c2c3nc(c(-c4cc[n+](C)cc4)c4ccc([n-]4)c(-c4cc[n+](C)cc4)c4nc(c(-c5ccc(OCCCCC(=O)NCCCCNc6ccnc7cc(Cl)ccc67)cc5)c5ccc2[n-]5)C=C4)C=C3)cc1.[Cl-].[Cl-].[Cl-].[Mn+2]. The van der Waals surface area contributed by atoms with Gasteiger partial charge in [0.15, 0.2) is 37.2 Å². The van der Waals surface area contributed by atoms with Gasteiger partial charge in [-0.25, -0.2) is 23.7 Å². The number of aromatic nitrogens is 8. The first-order valence-corrected chi connectivity index (χ1v) is 25.8. The van der Waals surface area contributed by atoms with Crippen molar-refractivity contribution in [3.8, 4) is 50.3 Å². The fourth-order valence-corrected chi connectivity index (χ4v) is 9.80. The van der Waals surface area contributed by atoms with E-state index in [1.54, 1.807) is 6.20 Å². The molecule has 8 bridgehead atoms. The minimum absolute atomic E-state index is 0. The maximum Gasteiger partial charge on any atom is 2.00 e. The molecule has 17 heteroatoms. The maximum absolute atomic E-state index is 12.7. The molecule has 0 spiro atoms. The first-order chi connectivity index (χ1) is 36.7. The molecule has 2 aromatic carbocycles. The van der Waals surface area contributed by atoms with Crippen molar-refractivity contribution in [3.05, 3.63) is 180 Å². The summed E-state index contributed by atoms with van der Waals surface area (Å²) >= 11 is 6.15. The van der Waals surface area contributed by atoms with Crippen LogP contribution in [0.5, 0.6) is 5.75 Å². The number of pyridine rings is 4. The number of carbonyl (C=O) groups excluding carboxylic acids is 1. The molecule has 0 saturated carbocycles. The predicted octanol–water partition coefficient (Wildman–Crippen LogP) is 1.82. The number of hydrogen-bond acceptors (Lipinski definition) is 6. The van der Waals surface area contributed by atoms with Gasteiger partial charge in [-0.2, -0.15) is 0 Å². The smallest absolute Gasteiger partial charge is 1.00 e. The first-order valence-electron chi connectivity index (χ1n) is 25.4. The number of benzene rings is 2. The summed E-state index contributed by atoms with van der Waals surface area (Å²) in [6, 6.07) is 36.9. The van der Waals surface area contributed by atoms with Gasteiger partial charge in [0.1, 0.15) is 26.9 Å². The summed E-state index contributed by atoms with van der Waals surface area (Å²) in [5, 5.41) is 8.28. The van der Waals surface area contributed by atoms with Crippen molar-refractivity contribution in [2.75, 3.05) is 25.0 Å². The van der Waals surface area contributed by atoms with Crippen LogP contribution in [0, 0.1) is 0 Å². The van der Waals surface area contributed by atoms with E-state index in [0.29, 0.717) is 24.6 Å². The number of hydrogen-bond donors (Lipinski definition) is 2. The molecule has 2 aliphatic rings. The maximum atomic E-state index is 12.7. The summed E-state index contributed by atoms with van der Waals surface area (Å²) in [6.07, 6.45) is 26.2. The molecule has 401 valence electrons. The largest absolute Gasteiger partial charge is 2.00 e. The molecule has 0 saturated heterocycles. The van der Waals surface area contributed by atoms with Crippen molar-refractivity contribution in [1.29, 1.82) is 0 Å². The van der Waals surface area contributed by atoms with Gasteiger partial charge in [-0.3, -0.25) is 9.78 Å². The molecule has 0 fully saturated rings. The number of unbranched alkanes of at least 4 members (excludes halogenated alkanes) is 2. The Labute approximate surface area is 493 Å². The molecule has 1 radical (unpaired) electrons. The number of aryl methyl sites for hydroxylation is 3. The van der Waals surface area contributed by atoms with Crippen LogP contribution in [-0.2, 0) is 43.0 Å². The number of ether oxygens (including phenoxy) is 1. The van der Waals surface area contributed by atoms with Gasteiger partial charge in [-0.1, -0.05) is 48.0 Å². The van der Waals surface area contributed by atoms with Crippen LogP contribution in [0.2, 0.25) is 5.02 Å². The molecule has 11 rings (SSSR count). The van der Waals surface area contributed by atoms with E-state index in [0.717, 1.165) is 144 Å². The minimum Gasteiger partial charge on any atom is -1.00 e. The normalized spacial score (nSPS) is 11.2. The number of anilines is 1. The molecule has 9 heterocycles. The van der Waals surface area contributed by atoms with Gasteiger partial charge in [-0.15, -0.1) is 22.1 Å². The van der Waals surface area contributed by atoms with Crippen LogP contribution < -0.4 is 76.3 Å². The predicted molar refractivity (Wildman–Crippen MR) is 299 cm³/mol. The number of amides is 1. The second-order valence-corrected chi connectivity index (χ2v) is 19.4. The van der Waals surface area contributed by atoms with Gasteiger partial charge < -0.3 is 62.6 Å². The summed E-state index contributed by atoms with van der Waals surface area (Å²) < 4.78 is 12.3. The van der Waals surface area contributed by atoms with Crippen molar-refractivity contribution >= 4 is 80.5 Å². The fraction of sp³-hybridized carbons (Fsp3) is 0.177. The third-order valence-corrected chi connectivity index (χ3v) is 13.8. The minimum atomic E-state index is 0. The molecule has 1 amide bonds. The average molecular weight is 1170 g/mol. The Kier molecular flexibility index (Phi) is 20.3. The van der Waals surface area contributed by atoms with Crippen LogP contribution >= 0.6 is 11.6 Å². The molecular formula is C62H56Cl4MnN10O2. The Morgan fingerprint density at radius 2 is 0.987 bits per heavy atom. The summed E-state index contributed by atoms with van der Waals surface area (Å²) in [4.78, 5) is 38.7. The second kappa shape index (κ2) is 27.0. The second-order valence-electron chi connectivity index (χ2n) is 19.0. The van der Waals surface area contributed by atoms with Crippen LogP contribution in [0.3, 0.4) is 0 Å². The van der Waals surface area contributed by atoms with Crippen LogP contribution in [0.25, 0.3) is 102 Å². The molecule has 2 N–H and O–H groups in total. The number of nitrogens with one attached hydrogen (secondary N) is 2. The Morgan fingerprint density at radius 1 is 0.544 bits per heavy atom. The van der Waals surface area contributed by atoms with Crippen molar-refractivity contribution < 1.29 is 77.5 Å². The number of halogens is 4. The van der Waals surface area contributed by atoms with E-state index >= 15 is 0 Å². The van der Waals surface area contributed by atoms with Crippen LogP contribution in [-0.4, -0.2) is 40.6 Å². The quantitative estimate of drug-likeness (QED) is 0.0854. The van der Waals surface area contributed by atoms with Crippen molar-refractivity contribution in [1.82, 2.24) is 30.2 Å². The van der Waals surface area contributed by atoms with E-state index in [-0.39, 0.29) is 60.2 Å². The monoisotopic (exact) mass is 1170 g/mol. The van der Waals surface area contributed by atoms with Gasteiger partial charge in [0.2, 0.25) is 5.91 Å². The molecule has 0 atom stereocenters. The van der Waals surface area contributed by atoms with E-state index in [4.69, 9.17) is 36.3 Å². The Hall–Kier alpha value is -7.35. The zero-order valence-electron chi connectivity index (χ0n) is 43.7. The summed E-state index contributed by atoms with van der Waals surface area (Å²) in [5.41, 5.74) is 15.9. The van der Waals surface area contributed by atoms with Crippen LogP contribution in [0.1, 0.15) is 54.9 Å². The molecule has 2 aliphatic heterocycles. The van der Waals surface area contributed by atoms with E-state index in [9.17, 15) is 4.79 Å². The van der Waals surface area contributed by atoms with Crippen LogP contribution in [0.4, 0.5) is 5.69 Å². The number of carbonyl (C=O) groups is 1. The van der Waals surface area contributed by atoms with Crippen LogP contribution in [0.15, 0.2) is 153 Å². The fourth-order valence-electron chi connectivity index (χ4n) is 9.63. The number of fused-ring (bicyclic) bond motifs is 9. The van der Waals surface area contributed by atoms with E-state index in [1.807, 2.05) is 96.0 Å². The Balaban J connectivity index is 0.00000226. The third kappa shape index (κ3) is 13.6. The average Bonchev–Trinajstić information content (AvgIpc) is 4.33. The molecule has 0 unspecified atom stereocenters. The zero-order valence-corrected chi connectivity index (χ0v) is 47.9.